The highest BCUT2D eigenvalue weighted by molar-refractivity contribution is 6.17. The van der Waals surface area contributed by atoms with E-state index in [0.29, 0.717) is 11.1 Å². The van der Waals surface area contributed by atoms with E-state index in [2.05, 4.69) is 0 Å². The molecule has 0 aliphatic rings. The van der Waals surface area contributed by atoms with Gasteiger partial charge in [0.05, 0.1) is 0 Å². The van der Waals surface area contributed by atoms with Crippen LogP contribution in [-0.4, -0.2) is 0 Å². The molecule has 0 spiro atoms. The molecule has 94 valence electrons. The quantitative estimate of drug-likeness (QED) is 0.752. The molecule has 0 bridgehead atoms. The first-order valence-corrected chi connectivity index (χ1v) is 5.95. The topological polar surface area (TPSA) is 9.23 Å². The molecule has 0 saturated carbocycles. The molecule has 0 aliphatic carbocycles. The van der Waals surface area contributed by atoms with Gasteiger partial charge in [0.1, 0.15) is 12.4 Å². The van der Waals surface area contributed by atoms with Crippen molar-refractivity contribution in [3.05, 3.63) is 65.2 Å². The van der Waals surface area contributed by atoms with Crippen molar-refractivity contribution < 1.29 is 13.5 Å². The number of halogens is 3. The lowest BCUT2D eigenvalue weighted by Crippen LogP contribution is -2.00. The van der Waals surface area contributed by atoms with Crippen molar-refractivity contribution in [2.45, 2.75) is 12.5 Å². The normalized spacial score (nSPS) is 10.4. The zero-order chi connectivity index (χ0) is 13.0. The van der Waals surface area contributed by atoms with Gasteiger partial charge in [0.2, 0.25) is 0 Å². The first-order chi connectivity index (χ1) is 8.70. The van der Waals surface area contributed by atoms with Crippen molar-refractivity contribution in [3.8, 4) is 5.75 Å². The molecular weight excluding hydrogens is 258 g/mol. The molecule has 0 heterocycles. The molecule has 0 radical (unpaired) electrons. The maximum absolute atomic E-state index is 13.6. The van der Waals surface area contributed by atoms with Crippen LogP contribution in [-0.2, 0) is 12.5 Å². The van der Waals surface area contributed by atoms with Crippen LogP contribution in [0.4, 0.5) is 8.78 Å². The Balaban J connectivity index is 2.09. The van der Waals surface area contributed by atoms with Crippen molar-refractivity contribution in [1.82, 2.24) is 0 Å². The summed E-state index contributed by atoms with van der Waals surface area (Å²) in [7, 11) is 0. The van der Waals surface area contributed by atoms with Crippen LogP contribution in [0.5, 0.6) is 5.75 Å². The Morgan fingerprint density at radius 1 is 1.00 bits per heavy atom. The maximum atomic E-state index is 13.6. The summed E-state index contributed by atoms with van der Waals surface area (Å²) in [6.45, 7) is -0.0101. The minimum atomic E-state index is -0.496. The SMILES string of the molecule is Fc1ccccc1COc1ccc(CCl)cc1F. The molecule has 0 aromatic heterocycles. The third kappa shape index (κ3) is 2.99. The Morgan fingerprint density at radius 3 is 2.44 bits per heavy atom. The summed E-state index contributed by atoms with van der Waals surface area (Å²) in [5.74, 6) is -0.531. The molecule has 1 nitrogen and oxygen atoms in total. The van der Waals surface area contributed by atoms with Gasteiger partial charge in [-0.15, -0.1) is 11.6 Å². The van der Waals surface area contributed by atoms with E-state index in [1.54, 1.807) is 24.3 Å². The zero-order valence-electron chi connectivity index (χ0n) is 9.50. The van der Waals surface area contributed by atoms with Gasteiger partial charge in [0.25, 0.3) is 0 Å². The minimum absolute atomic E-state index is 0.0101. The van der Waals surface area contributed by atoms with Gasteiger partial charge in [-0.05, 0) is 23.8 Å². The average molecular weight is 269 g/mol. The summed E-state index contributed by atoms with van der Waals surface area (Å²) in [6.07, 6.45) is 0. The van der Waals surface area contributed by atoms with Crippen molar-refractivity contribution in [2.75, 3.05) is 0 Å². The maximum Gasteiger partial charge on any atom is 0.165 e. The minimum Gasteiger partial charge on any atom is -0.486 e. The number of alkyl halides is 1. The van der Waals surface area contributed by atoms with E-state index in [1.807, 2.05) is 0 Å². The van der Waals surface area contributed by atoms with Crippen LogP contribution in [0.1, 0.15) is 11.1 Å². The summed E-state index contributed by atoms with van der Waals surface area (Å²) >= 11 is 5.59. The van der Waals surface area contributed by atoms with E-state index in [9.17, 15) is 8.78 Å². The Bertz CT molecular complexity index is 543. The lowest BCUT2D eigenvalue weighted by atomic mass is 10.2. The first-order valence-electron chi connectivity index (χ1n) is 5.41. The van der Waals surface area contributed by atoms with Crippen LogP contribution in [0, 0.1) is 11.6 Å². The molecule has 0 aliphatic heterocycles. The molecule has 0 fully saturated rings. The molecule has 2 rings (SSSR count). The second-order valence-electron chi connectivity index (χ2n) is 3.78. The fraction of sp³-hybridized carbons (Fsp3) is 0.143. The lowest BCUT2D eigenvalue weighted by molar-refractivity contribution is 0.284. The van der Waals surface area contributed by atoms with Crippen LogP contribution in [0.3, 0.4) is 0 Å². The third-order valence-corrected chi connectivity index (χ3v) is 2.80. The van der Waals surface area contributed by atoms with Crippen LogP contribution < -0.4 is 4.74 Å². The number of hydrogen-bond donors (Lipinski definition) is 0. The molecule has 4 heteroatoms. The second-order valence-corrected chi connectivity index (χ2v) is 4.05. The Morgan fingerprint density at radius 2 is 1.78 bits per heavy atom. The molecule has 0 atom stereocenters. The van der Waals surface area contributed by atoms with E-state index < -0.39 is 5.82 Å². The van der Waals surface area contributed by atoms with Gasteiger partial charge < -0.3 is 4.74 Å². The van der Waals surface area contributed by atoms with Crippen LogP contribution in [0.25, 0.3) is 0 Å². The Hall–Kier alpha value is -1.61. The van der Waals surface area contributed by atoms with Gasteiger partial charge in [-0.3, -0.25) is 0 Å². The molecule has 0 N–H and O–H groups in total. The van der Waals surface area contributed by atoms with Gasteiger partial charge >= 0.3 is 0 Å². The van der Waals surface area contributed by atoms with Crippen LogP contribution in [0.15, 0.2) is 42.5 Å². The molecule has 2 aromatic carbocycles. The Labute approximate surface area is 109 Å². The van der Waals surface area contributed by atoms with Gasteiger partial charge in [-0.1, -0.05) is 24.3 Å². The molecule has 0 unspecified atom stereocenters. The van der Waals surface area contributed by atoms with Crippen LogP contribution in [0.2, 0.25) is 0 Å². The summed E-state index contributed by atoms with van der Waals surface area (Å²) in [6, 6.07) is 10.7. The first kappa shape index (κ1) is 12.8. The third-order valence-electron chi connectivity index (χ3n) is 2.49. The van der Waals surface area contributed by atoms with E-state index >= 15 is 0 Å². The molecular formula is C14H11ClF2O. The summed E-state index contributed by atoms with van der Waals surface area (Å²) < 4.78 is 32.1. The predicted molar refractivity (Wildman–Crippen MR) is 66.7 cm³/mol. The monoisotopic (exact) mass is 268 g/mol. The Kier molecular flexibility index (Phi) is 4.15. The van der Waals surface area contributed by atoms with Crippen LogP contribution >= 0.6 is 11.6 Å². The van der Waals surface area contributed by atoms with Crippen molar-refractivity contribution in [3.63, 3.8) is 0 Å². The number of hydrogen-bond acceptors (Lipinski definition) is 1. The standard InChI is InChI=1S/C14H11ClF2O/c15-8-10-5-6-14(13(17)7-10)18-9-11-3-1-2-4-12(11)16/h1-7H,8-9H2. The van der Waals surface area contributed by atoms with E-state index in [0.717, 1.165) is 0 Å². The lowest BCUT2D eigenvalue weighted by Gasteiger charge is -2.08. The fourth-order valence-corrected chi connectivity index (χ4v) is 1.68. The molecule has 18 heavy (non-hydrogen) atoms. The van der Waals surface area contributed by atoms with Gasteiger partial charge in [0, 0.05) is 11.4 Å². The van der Waals surface area contributed by atoms with Gasteiger partial charge in [-0.25, -0.2) is 8.78 Å². The number of benzene rings is 2. The molecule has 0 saturated heterocycles. The van der Waals surface area contributed by atoms with Gasteiger partial charge in [0.15, 0.2) is 11.6 Å². The van der Waals surface area contributed by atoms with Crippen molar-refractivity contribution in [1.29, 1.82) is 0 Å². The number of ether oxygens (including phenoxy) is 1. The molecule has 2 aromatic rings. The van der Waals surface area contributed by atoms with Crippen molar-refractivity contribution in [2.24, 2.45) is 0 Å². The average Bonchev–Trinajstić information content (AvgIpc) is 2.39. The van der Waals surface area contributed by atoms with Crippen molar-refractivity contribution >= 4 is 11.6 Å². The molecule has 0 amide bonds. The zero-order valence-corrected chi connectivity index (χ0v) is 10.3. The highest BCUT2D eigenvalue weighted by Crippen LogP contribution is 2.21. The summed E-state index contributed by atoms with van der Waals surface area (Å²) in [5, 5.41) is 0. The highest BCUT2D eigenvalue weighted by atomic mass is 35.5. The van der Waals surface area contributed by atoms with E-state index in [4.69, 9.17) is 16.3 Å². The predicted octanol–water partition coefficient (Wildman–Crippen LogP) is 4.28. The largest absolute Gasteiger partial charge is 0.486 e. The van der Waals surface area contributed by atoms with E-state index in [-0.39, 0.29) is 24.1 Å². The highest BCUT2D eigenvalue weighted by Gasteiger charge is 2.06. The second kappa shape index (κ2) is 5.83. The summed E-state index contributed by atoms with van der Waals surface area (Å²) in [5.41, 5.74) is 1.06. The fourth-order valence-electron chi connectivity index (χ4n) is 1.52. The summed E-state index contributed by atoms with van der Waals surface area (Å²) in [4.78, 5) is 0. The van der Waals surface area contributed by atoms with E-state index in [1.165, 1.54) is 18.2 Å². The number of rotatable bonds is 4. The van der Waals surface area contributed by atoms with Gasteiger partial charge in [-0.2, -0.15) is 0 Å². The smallest absolute Gasteiger partial charge is 0.165 e.